The summed E-state index contributed by atoms with van der Waals surface area (Å²) in [5.41, 5.74) is 3.65. The van der Waals surface area contributed by atoms with Crippen LogP contribution >= 0.6 is 0 Å². The van der Waals surface area contributed by atoms with E-state index in [-0.39, 0.29) is 6.42 Å². The number of amides is 2. The van der Waals surface area contributed by atoms with Crippen LogP contribution in [0.2, 0.25) is 0 Å². The predicted octanol–water partition coefficient (Wildman–Crippen LogP) is 3.22. The maximum atomic E-state index is 12.2. The number of nitrogens with zero attached hydrogens (tertiary/aromatic N) is 1. The van der Waals surface area contributed by atoms with Gasteiger partial charge in [-0.1, -0.05) is 60.5 Å². The number of rotatable bonds is 2. The molecule has 1 fully saturated rings. The molecule has 1 heterocycles. The van der Waals surface area contributed by atoms with Crippen LogP contribution < -0.4 is 0 Å². The molecule has 126 valence electrons. The summed E-state index contributed by atoms with van der Waals surface area (Å²) in [7, 11) is 0. The Morgan fingerprint density at radius 3 is 2.08 bits per heavy atom. The second kappa shape index (κ2) is 5.73. The summed E-state index contributed by atoms with van der Waals surface area (Å²) in [5, 5.41) is 0.500. The monoisotopic (exact) mass is 337 g/mol. The molecular formula is C19H15NO5. The number of benzene rings is 2. The minimum Gasteiger partial charge on any atom is -0.420 e. The maximum absolute atomic E-state index is 12.2. The molecule has 1 atom stereocenters. The molecule has 25 heavy (non-hydrogen) atoms. The Labute approximate surface area is 143 Å². The lowest BCUT2D eigenvalue weighted by Crippen LogP contribution is -2.33. The van der Waals surface area contributed by atoms with Crippen molar-refractivity contribution in [1.82, 2.24) is 5.06 Å². The molecule has 1 saturated heterocycles. The molecule has 6 heteroatoms. The largest absolute Gasteiger partial charge is 0.534 e. The van der Waals surface area contributed by atoms with Crippen LogP contribution in [-0.4, -0.2) is 23.0 Å². The minimum atomic E-state index is -1.08. The van der Waals surface area contributed by atoms with E-state index in [9.17, 15) is 14.4 Å². The van der Waals surface area contributed by atoms with Crippen molar-refractivity contribution in [3.05, 3.63) is 59.7 Å². The molecule has 2 aliphatic rings. The summed E-state index contributed by atoms with van der Waals surface area (Å²) in [5.74, 6) is -1.57. The van der Waals surface area contributed by atoms with Gasteiger partial charge in [-0.15, -0.1) is 0 Å². The zero-order valence-corrected chi connectivity index (χ0v) is 13.5. The smallest absolute Gasteiger partial charge is 0.420 e. The fourth-order valence-corrected chi connectivity index (χ4v) is 3.28. The molecule has 1 unspecified atom stereocenters. The van der Waals surface area contributed by atoms with E-state index < -0.39 is 30.0 Å². The van der Waals surface area contributed by atoms with Gasteiger partial charge >= 0.3 is 6.16 Å². The molecular weight excluding hydrogens is 322 g/mol. The lowest BCUT2D eigenvalue weighted by Gasteiger charge is -2.17. The Kier molecular flexibility index (Phi) is 3.53. The van der Waals surface area contributed by atoms with Gasteiger partial charge in [0.05, 0.1) is 0 Å². The normalized spacial score (nSPS) is 18.9. The summed E-state index contributed by atoms with van der Waals surface area (Å²) in [6.07, 6.45) is -1.68. The zero-order chi connectivity index (χ0) is 17.6. The second-order valence-corrected chi connectivity index (χ2v) is 6.15. The van der Waals surface area contributed by atoms with Gasteiger partial charge in [-0.3, -0.25) is 14.4 Å². The minimum absolute atomic E-state index is 0.0290. The highest BCUT2D eigenvalue weighted by atomic mass is 16.8. The summed E-state index contributed by atoms with van der Waals surface area (Å²) in [4.78, 5) is 40.6. The van der Waals surface area contributed by atoms with E-state index in [1.54, 1.807) is 6.92 Å². The fourth-order valence-electron chi connectivity index (χ4n) is 3.28. The first-order valence-corrected chi connectivity index (χ1v) is 8.00. The number of carbonyl (C=O) groups excluding carboxylic acids is 3. The highest BCUT2D eigenvalue weighted by Crippen LogP contribution is 2.45. The Morgan fingerprint density at radius 2 is 1.56 bits per heavy atom. The first-order chi connectivity index (χ1) is 12.1. The number of fused-ring (bicyclic) bond motifs is 3. The van der Waals surface area contributed by atoms with E-state index >= 15 is 0 Å². The van der Waals surface area contributed by atoms with Gasteiger partial charge in [0.1, 0.15) is 0 Å². The average Bonchev–Trinajstić information content (AvgIpc) is 3.05. The van der Waals surface area contributed by atoms with Gasteiger partial charge in [0.25, 0.3) is 11.8 Å². The molecule has 0 spiro atoms. The van der Waals surface area contributed by atoms with Crippen molar-refractivity contribution >= 4 is 18.0 Å². The Bertz CT molecular complexity index is 845. The van der Waals surface area contributed by atoms with Gasteiger partial charge in [0.15, 0.2) is 6.10 Å². The van der Waals surface area contributed by atoms with Gasteiger partial charge in [-0.25, -0.2) is 4.79 Å². The third-order valence-corrected chi connectivity index (χ3v) is 4.49. The van der Waals surface area contributed by atoms with Crippen LogP contribution in [0.4, 0.5) is 4.79 Å². The van der Waals surface area contributed by atoms with E-state index in [0.29, 0.717) is 5.06 Å². The van der Waals surface area contributed by atoms with E-state index in [1.165, 1.54) is 0 Å². The third-order valence-electron chi connectivity index (χ3n) is 4.49. The van der Waals surface area contributed by atoms with Crippen molar-refractivity contribution in [2.75, 3.05) is 0 Å². The maximum Gasteiger partial charge on any atom is 0.534 e. The van der Waals surface area contributed by atoms with Crippen molar-refractivity contribution in [3.8, 4) is 11.1 Å². The fraction of sp³-hybridized carbons (Fsp3) is 0.211. The highest BCUT2D eigenvalue weighted by molar-refractivity contribution is 6.02. The van der Waals surface area contributed by atoms with Crippen LogP contribution in [0, 0.1) is 5.92 Å². The van der Waals surface area contributed by atoms with Gasteiger partial charge in [0.2, 0.25) is 0 Å². The second-order valence-electron chi connectivity index (χ2n) is 6.15. The van der Waals surface area contributed by atoms with Crippen molar-refractivity contribution < 1.29 is 24.0 Å². The molecule has 0 aromatic heterocycles. The van der Waals surface area contributed by atoms with Crippen LogP contribution in [0.5, 0.6) is 0 Å². The average molecular weight is 337 g/mol. The molecule has 1 aliphatic carbocycles. The van der Waals surface area contributed by atoms with Gasteiger partial charge in [0, 0.05) is 23.5 Å². The van der Waals surface area contributed by atoms with E-state index in [1.807, 2.05) is 48.5 Å². The van der Waals surface area contributed by atoms with E-state index in [0.717, 1.165) is 22.3 Å². The number of imide groups is 1. The third kappa shape index (κ3) is 2.46. The Morgan fingerprint density at radius 1 is 1.00 bits per heavy atom. The van der Waals surface area contributed by atoms with E-state index in [4.69, 9.17) is 9.57 Å². The van der Waals surface area contributed by atoms with Crippen LogP contribution in [0.15, 0.2) is 48.5 Å². The number of hydrogen-bond acceptors (Lipinski definition) is 5. The molecule has 0 radical (unpaired) electrons. The van der Waals surface area contributed by atoms with Crippen molar-refractivity contribution in [3.63, 3.8) is 0 Å². The van der Waals surface area contributed by atoms with Gasteiger partial charge in [-0.05, 0) is 11.1 Å². The Balaban J connectivity index is 1.58. The van der Waals surface area contributed by atoms with Crippen LogP contribution in [0.3, 0.4) is 0 Å². The van der Waals surface area contributed by atoms with Crippen LogP contribution in [-0.2, 0) is 19.2 Å². The highest BCUT2D eigenvalue weighted by Gasteiger charge is 2.40. The first-order valence-electron chi connectivity index (χ1n) is 8.00. The van der Waals surface area contributed by atoms with Gasteiger partial charge in [-0.2, -0.15) is 0 Å². The standard InChI is InChI=1S/C19H15NO5/c1-11-10-16(21)20(18(11)22)25-19(23)24-17-14-8-4-2-6-12(14)13-7-3-5-9-15(13)17/h2-9,11,17H,10H2,1H3. The summed E-state index contributed by atoms with van der Waals surface area (Å²) in [6.45, 7) is 1.61. The first kappa shape index (κ1) is 15.4. The molecule has 4 rings (SSSR count). The predicted molar refractivity (Wildman–Crippen MR) is 86.9 cm³/mol. The number of ether oxygens (including phenoxy) is 1. The van der Waals surface area contributed by atoms with Crippen LogP contribution in [0.1, 0.15) is 30.6 Å². The quantitative estimate of drug-likeness (QED) is 0.621. The van der Waals surface area contributed by atoms with Crippen LogP contribution in [0.25, 0.3) is 11.1 Å². The van der Waals surface area contributed by atoms with Crippen molar-refractivity contribution in [2.45, 2.75) is 19.4 Å². The number of carbonyl (C=O) groups is 3. The molecule has 0 saturated carbocycles. The molecule has 1 aliphatic heterocycles. The number of hydroxylamine groups is 2. The molecule has 2 amide bonds. The molecule has 2 aromatic carbocycles. The summed E-state index contributed by atoms with van der Waals surface area (Å²) >= 11 is 0. The molecule has 0 N–H and O–H groups in total. The van der Waals surface area contributed by atoms with Gasteiger partial charge < -0.3 is 4.74 Å². The summed E-state index contributed by atoms with van der Waals surface area (Å²) in [6, 6.07) is 15.2. The lowest BCUT2D eigenvalue weighted by molar-refractivity contribution is -0.179. The lowest BCUT2D eigenvalue weighted by atomic mass is 10.1. The molecule has 2 aromatic rings. The SMILES string of the molecule is CC1CC(=O)N(OC(=O)OC2c3ccccc3-c3ccccc32)C1=O. The molecule has 6 nitrogen and oxygen atoms in total. The van der Waals surface area contributed by atoms with Crippen molar-refractivity contribution in [2.24, 2.45) is 5.92 Å². The Hall–Kier alpha value is -3.15. The van der Waals surface area contributed by atoms with E-state index in [2.05, 4.69) is 0 Å². The number of hydrogen-bond donors (Lipinski definition) is 0. The zero-order valence-electron chi connectivity index (χ0n) is 13.5. The molecule has 0 bridgehead atoms. The topological polar surface area (TPSA) is 72.9 Å². The summed E-state index contributed by atoms with van der Waals surface area (Å²) < 4.78 is 5.45. The van der Waals surface area contributed by atoms with Crippen molar-refractivity contribution in [1.29, 1.82) is 0 Å².